The Morgan fingerprint density at radius 3 is 2.79 bits per heavy atom. The average molecular weight is 278 g/mol. The van der Waals surface area contributed by atoms with Gasteiger partial charge in [-0.2, -0.15) is 5.10 Å². The second-order valence-electron chi connectivity index (χ2n) is 5.06. The van der Waals surface area contributed by atoms with Crippen LogP contribution >= 0.6 is 11.6 Å². The van der Waals surface area contributed by atoms with E-state index in [1.807, 2.05) is 31.3 Å². The van der Waals surface area contributed by atoms with Crippen molar-refractivity contribution in [2.45, 2.75) is 26.7 Å². The molecule has 2 aromatic rings. The van der Waals surface area contributed by atoms with Gasteiger partial charge in [0.1, 0.15) is 5.82 Å². The molecule has 2 rings (SSSR count). The Hall–Kier alpha value is -1.48. The number of nitrogen functional groups attached to an aromatic ring is 1. The number of aromatic nitrogens is 2. The smallest absolute Gasteiger partial charge is 0.129 e. The second-order valence-corrected chi connectivity index (χ2v) is 5.49. The number of benzene rings is 1. The van der Waals surface area contributed by atoms with Gasteiger partial charge in [-0.05, 0) is 30.0 Å². The number of halogens is 1. The summed E-state index contributed by atoms with van der Waals surface area (Å²) in [4.78, 5) is 0. The van der Waals surface area contributed by atoms with Crippen LogP contribution in [0.4, 0.5) is 5.82 Å². The molecular weight excluding hydrogens is 258 g/mol. The zero-order valence-corrected chi connectivity index (χ0v) is 12.4. The lowest BCUT2D eigenvalue weighted by molar-refractivity contribution is 0.547. The minimum atomic E-state index is 0.590. The van der Waals surface area contributed by atoms with Crippen molar-refractivity contribution in [3.63, 3.8) is 0 Å². The van der Waals surface area contributed by atoms with E-state index in [9.17, 15) is 0 Å². The Labute approximate surface area is 119 Å². The first-order chi connectivity index (χ1) is 9.02. The molecular formula is C15H20ClN3. The fraction of sp³-hybridized carbons (Fsp3) is 0.400. The van der Waals surface area contributed by atoms with E-state index in [1.54, 1.807) is 4.68 Å². The van der Waals surface area contributed by atoms with Crippen molar-refractivity contribution in [1.82, 2.24) is 9.78 Å². The minimum absolute atomic E-state index is 0.590. The molecule has 0 saturated carbocycles. The number of hydrogen-bond acceptors (Lipinski definition) is 2. The summed E-state index contributed by atoms with van der Waals surface area (Å²) in [6.45, 7) is 4.42. The van der Waals surface area contributed by atoms with E-state index >= 15 is 0 Å². The highest BCUT2D eigenvalue weighted by atomic mass is 35.5. The molecule has 0 amide bonds. The molecule has 102 valence electrons. The summed E-state index contributed by atoms with van der Waals surface area (Å²) < 4.78 is 1.74. The van der Waals surface area contributed by atoms with E-state index in [-0.39, 0.29) is 0 Å². The number of aryl methyl sites for hydroxylation is 1. The molecule has 3 nitrogen and oxygen atoms in total. The Morgan fingerprint density at radius 2 is 2.16 bits per heavy atom. The van der Waals surface area contributed by atoms with Gasteiger partial charge in [-0.15, -0.1) is 0 Å². The van der Waals surface area contributed by atoms with Crippen molar-refractivity contribution in [3.05, 3.63) is 35.0 Å². The zero-order chi connectivity index (χ0) is 14.0. The van der Waals surface area contributed by atoms with Crippen LogP contribution < -0.4 is 5.73 Å². The van der Waals surface area contributed by atoms with Crippen LogP contribution in [0.1, 0.15) is 26.0 Å². The standard InChI is InChI=1S/C15H20ClN3/c1-4-10(2)8-13-14(15(17)19(3)18-13)11-6-5-7-12(16)9-11/h5-7,9-10H,4,8,17H2,1-3H3. The van der Waals surface area contributed by atoms with Gasteiger partial charge in [-0.1, -0.05) is 44.0 Å². The Bertz CT molecular complexity index is 575. The first kappa shape index (κ1) is 13.9. The third-order valence-electron chi connectivity index (χ3n) is 3.52. The number of nitrogens with zero attached hydrogens (tertiary/aromatic N) is 2. The maximum Gasteiger partial charge on any atom is 0.129 e. The maximum absolute atomic E-state index is 6.16. The van der Waals surface area contributed by atoms with Crippen LogP contribution in [0.3, 0.4) is 0 Å². The summed E-state index contributed by atoms with van der Waals surface area (Å²) in [7, 11) is 1.88. The van der Waals surface area contributed by atoms with Crippen molar-refractivity contribution in [2.75, 3.05) is 5.73 Å². The highest BCUT2D eigenvalue weighted by Crippen LogP contribution is 2.32. The van der Waals surface area contributed by atoms with Crippen molar-refractivity contribution in [3.8, 4) is 11.1 Å². The lowest BCUT2D eigenvalue weighted by Gasteiger charge is -2.08. The number of anilines is 1. The van der Waals surface area contributed by atoms with E-state index in [0.29, 0.717) is 11.7 Å². The number of hydrogen-bond donors (Lipinski definition) is 1. The fourth-order valence-corrected chi connectivity index (χ4v) is 2.36. The van der Waals surface area contributed by atoms with E-state index in [1.165, 1.54) is 0 Å². The van der Waals surface area contributed by atoms with Crippen LogP contribution in [-0.2, 0) is 13.5 Å². The lowest BCUT2D eigenvalue weighted by atomic mass is 9.97. The maximum atomic E-state index is 6.16. The van der Waals surface area contributed by atoms with Crippen LogP contribution in [0.2, 0.25) is 5.02 Å². The van der Waals surface area contributed by atoms with E-state index < -0.39 is 0 Å². The first-order valence-electron chi connectivity index (χ1n) is 6.60. The van der Waals surface area contributed by atoms with Crippen LogP contribution in [0.25, 0.3) is 11.1 Å². The Morgan fingerprint density at radius 1 is 1.42 bits per heavy atom. The monoisotopic (exact) mass is 277 g/mol. The van der Waals surface area contributed by atoms with E-state index in [0.717, 1.165) is 34.7 Å². The van der Waals surface area contributed by atoms with E-state index in [4.69, 9.17) is 17.3 Å². The van der Waals surface area contributed by atoms with Gasteiger partial charge in [0.2, 0.25) is 0 Å². The minimum Gasteiger partial charge on any atom is -0.383 e. The molecule has 0 saturated heterocycles. The molecule has 0 aliphatic carbocycles. The number of rotatable bonds is 4. The van der Waals surface area contributed by atoms with Crippen LogP contribution in [0.5, 0.6) is 0 Å². The molecule has 0 spiro atoms. The normalized spacial score (nSPS) is 12.6. The third-order valence-corrected chi connectivity index (χ3v) is 3.75. The highest BCUT2D eigenvalue weighted by molar-refractivity contribution is 6.30. The molecule has 0 bridgehead atoms. The molecule has 0 aliphatic rings. The zero-order valence-electron chi connectivity index (χ0n) is 11.7. The molecule has 1 aromatic heterocycles. The second kappa shape index (κ2) is 5.66. The van der Waals surface area contributed by atoms with Crippen LogP contribution in [0.15, 0.2) is 24.3 Å². The molecule has 19 heavy (non-hydrogen) atoms. The summed E-state index contributed by atoms with van der Waals surface area (Å²) in [5.74, 6) is 1.29. The molecule has 4 heteroatoms. The predicted octanol–water partition coefficient (Wildman–Crippen LogP) is 3.91. The topological polar surface area (TPSA) is 43.8 Å². The predicted molar refractivity (Wildman–Crippen MR) is 81.2 cm³/mol. The summed E-state index contributed by atoms with van der Waals surface area (Å²) in [6, 6.07) is 7.78. The van der Waals surface area contributed by atoms with Gasteiger partial charge in [0.05, 0.1) is 5.69 Å². The van der Waals surface area contributed by atoms with Crippen LogP contribution in [0, 0.1) is 5.92 Å². The molecule has 1 aromatic carbocycles. The highest BCUT2D eigenvalue weighted by Gasteiger charge is 2.17. The summed E-state index contributed by atoms with van der Waals surface area (Å²) in [6.07, 6.45) is 2.06. The quantitative estimate of drug-likeness (QED) is 0.921. The van der Waals surface area contributed by atoms with Gasteiger partial charge in [0, 0.05) is 17.6 Å². The lowest BCUT2D eigenvalue weighted by Crippen LogP contribution is -2.00. The molecule has 1 unspecified atom stereocenters. The average Bonchev–Trinajstić information content (AvgIpc) is 2.64. The third kappa shape index (κ3) is 2.92. The van der Waals surface area contributed by atoms with Gasteiger partial charge in [0.25, 0.3) is 0 Å². The molecule has 2 N–H and O–H groups in total. The number of nitrogens with two attached hydrogens (primary N) is 1. The van der Waals surface area contributed by atoms with Crippen molar-refractivity contribution >= 4 is 17.4 Å². The van der Waals surface area contributed by atoms with Crippen molar-refractivity contribution in [1.29, 1.82) is 0 Å². The SMILES string of the molecule is CCC(C)Cc1nn(C)c(N)c1-c1cccc(Cl)c1. The molecule has 0 aliphatic heterocycles. The molecule has 1 heterocycles. The van der Waals surface area contributed by atoms with Crippen molar-refractivity contribution < 1.29 is 0 Å². The Kier molecular flexibility index (Phi) is 4.15. The van der Waals surface area contributed by atoms with Crippen LogP contribution in [-0.4, -0.2) is 9.78 Å². The summed E-state index contributed by atoms with van der Waals surface area (Å²) >= 11 is 6.07. The largest absolute Gasteiger partial charge is 0.383 e. The van der Waals surface area contributed by atoms with E-state index in [2.05, 4.69) is 18.9 Å². The van der Waals surface area contributed by atoms with Gasteiger partial charge in [-0.3, -0.25) is 4.68 Å². The van der Waals surface area contributed by atoms with Gasteiger partial charge in [-0.25, -0.2) is 0 Å². The summed E-state index contributed by atoms with van der Waals surface area (Å²) in [5, 5.41) is 5.27. The van der Waals surface area contributed by atoms with Gasteiger partial charge in [0.15, 0.2) is 0 Å². The van der Waals surface area contributed by atoms with Gasteiger partial charge >= 0.3 is 0 Å². The first-order valence-corrected chi connectivity index (χ1v) is 6.98. The Balaban J connectivity index is 2.49. The molecule has 1 atom stereocenters. The molecule has 0 radical (unpaired) electrons. The van der Waals surface area contributed by atoms with Crippen molar-refractivity contribution in [2.24, 2.45) is 13.0 Å². The fourth-order valence-electron chi connectivity index (χ4n) is 2.17. The summed E-state index contributed by atoms with van der Waals surface area (Å²) in [5.41, 5.74) is 9.27. The molecule has 0 fully saturated rings. The van der Waals surface area contributed by atoms with Gasteiger partial charge < -0.3 is 5.73 Å².